The van der Waals surface area contributed by atoms with Gasteiger partial charge in [0.2, 0.25) is 11.9 Å². The molecule has 0 aromatic carbocycles. The number of piperidine rings is 1. The highest BCUT2D eigenvalue weighted by Crippen LogP contribution is 2.32. The molecule has 0 aliphatic carbocycles. The van der Waals surface area contributed by atoms with E-state index < -0.39 is 0 Å². The van der Waals surface area contributed by atoms with E-state index in [-0.39, 0.29) is 11.9 Å². The molecule has 1 unspecified atom stereocenters. The van der Waals surface area contributed by atoms with E-state index in [1.54, 1.807) is 12.4 Å². The zero-order valence-corrected chi connectivity index (χ0v) is 15.5. The Balaban J connectivity index is 1.40. The van der Waals surface area contributed by atoms with E-state index in [0.29, 0.717) is 31.1 Å². The van der Waals surface area contributed by atoms with Gasteiger partial charge in [-0.2, -0.15) is 0 Å². The fourth-order valence-electron chi connectivity index (χ4n) is 4.07. The largest absolute Gasteiger partial charge is 0.469 e. The van der Waals surface area contributed by atoms with Crippen molar-refractivity contribution in [3.05, 3.63) is 18.5 Å². The SMILES string of the molecule is COC(=O)CCCC(=O)N1CCC(C2CCN(c3ncccn3)CC2)C1. The molecule has 3 heterocycles. The lowest BCUT2D eigenvalue weighted by Crippen LogP contribution is -2.38. The highest BCUT2D eigenvalue weighted by molar-refractivity contribution is 5.77. The number of rotatable bonds is 6. The Morgan fingerprint density at radius 3 is 2.46 bits per heavy atom. The Bertz CT molecular complexity index is 602. The lowest BCUT2D eigenvalue weighted by molar-refractivity contribution is -0.140. The van der Waals surface area contributed by atoms with Gasteiger partial charge in [-0.15, -0.1) is 0 Å². The topological polar surface area (TPSA) is 75.6 Å². The average molecular weight is 360 g/mol. The Hall–Kier alpha value is -2.18. The number of hydrogen-bond donors (Lipinski definition) is 0. The van der Waals surface area contributed by atoms with E-state index in [2.05, 4.69) is 19.6 Å². The third-order valence-electron chi connectivity index (χ3n) is 5.62. The first-order valence-electron chi connectivity index (χ1n) is 9.54. The van der Waals surface area contributed by atoms with Gasteiger partial charge in [0.1, 0.15) is 0 Å². The number of ether oxygens (including phenoxy) is 1. The van der Waals surface area contributed by atoms with Crippen LogP contribution in [0.3, 0.4) is 0 Å². The monoisotopic (exact) mass is 360 g/mol. The molecule has 0 radical (unpaired) electrons. The second kappa shape index (κ2) is 8.96. The van der Waals surface area contributed by atoms with E-state index in [1.165, 1.54) is 7.11 Å². The molecule has 7 heteroatoms. The van der Waals surface area contributed by atoms with Crippen molar-refractivity contribution in [3.8, 4) is 0 Å². The Morgan fingerprint density at radius 2 is 1.77 bits per heavy atom. The minimum Gasteiger partial charge on any atom is -0.469 e. The Labute approximate surface area is 154 Å². The van der Waals surface area contributed by atoms with Crippen molar-refractivity contribution in [1.29, 1.82) is 0 Å². The van der Waals surface area contributed by atoms with Gasteiger partial charge in [-0.3, -0.25) is 9.59 Å². The van der Waals surface area contributed by atoms with Crippen LogP contribution >= 0.6 is 0 Å². The van der Waals surface area contributed by atoms with E-state index in [9.17, 15) is 9.59 Å². The van der Waals surface area contributed by atoms with Crippen LogP contribution in [0.4, 0.5) is 5.95 Å². The van der Waals surface area contributed by atoms with Crippen LogP contribution in [0, 0.1) is 11.8 Å². The van der Waals surface area contributed by atoms with Gasteiger partial charge in [0.15, 0.2) is 0 Å². The summed E-state index contributed by atoms with van der Waals surface area (Å²) in [4.78, 5) is 36.4. The molecule has 2 fully saturated rings. The van der Waals surface area contributed by atoms with Gasteiger partial charge in [0.05, 0.1) is 7.11 Å². The van der Waals surface area contributed by atoms with Gasteiger partial charge in [-0.1, -0.05) is 0 Å². The summed E-state index contributed by atoms with van der Waals surface area (Å²) in [5.74, 6) is 2.01. The molecule has 1 atom stereocenters. The molecule has 2 aliphatic rings. The minimum atomic E-state index is -0.244. The van der Waals surface area contributed by atoms with Crippen LogP contribution < -0.4 is 4.90 Å². The molecular formula is C19H28N4O3. The van der Waals surface area contributed by atoms with Crippen LogP contribution in [0.5, 0.6) is 0 Å². The van der Waals surface area contributed by atoms with Gasteiger partial charge < -0.3 is 14.5 Å². The lowest BCUT2D eigenvalue weighted by Gasteiger charge is -2.34. The van der Waals surface area contributed by atoms with Gasteiger partial charge in [0, 0.05) is 51.4 Å². The number of likely N-dealkylation sites (tertiary alicyclic amines) is 1. The normalized spacial score (nSPS) is 21.0. The Morgan fingerprint density at radius 1 is 1.08 bits per heavy atom. The van der Waals surface area contributed by atoms with Gasteiger partial charge in [-0.05, 0) is 43.6 Å². The van der Waals surface area contributed by atoms with Crippen molar-refractivity contribution >= 4 is 17.8 Å². The molecule has 3 rings (SSSR count). The molecule has 1 aromatic heterocycles. The van der Waals surface area contributed by atoms with Crippen LogP contribution in [-0.2, 0) is 14.3 Å². The Kier molecular flexibility index (Phi) is 6.41. The third kappa shape index (κ3) is 4.71. The molecule has 2 saturated heterocycles. The number of methoxy groups -OCH3 is 1. The molecule has 1 aromatic rings. The fourth-order valence-corrected chi connectivity index (χ4v) is 4.07. The summed E-state index contributed by atoms with van der Waals surface area (Å²) in [6, 6.07) is 1.84. The summed E-state index contributed by atoms with van der Waals surface area (Å²) < 4.78 is 4.62. The number of anilines is 1. The maximum absolute atomic E-state index is 12.3. The second-order valence-electron chi connectivity index (χ2n) is 7.19. The molecule has 1 amide bonds. The zero-order chi connectivity index (χ0) is 18.4. The average Bonchev–Trinajstić information content (AvgIpc) is 3.19. The van der Waals surface area contributed by atoms with Crippen molar-refractivity contribution in [1.82, 2.24) is 14.9 Å². The number of amides is 1. The molecule has 26 heavy (non-hydrogen) atoms. The summed E-state index contributed by atoms with van der Waals surface area (Å²) in [6.07, 6.45) is 8.26. The smallest absolute Gasteiger partial charge is 0.305 e. The van der Waals surface area contributed by atoms with Crippen LogP contribution in [0.1, 0.15) is 38.5 Å². The molecule has 2 aliphatic heterocycles. The van der Waals surface area contributed by atoms with Crippen molar-refractivity contribution in [2.75, 3.05) is 38.2 Å². The number of aromatic nitrogens is 2. The number of esters is 1. The molecule has 142 valence electrons. The van der Waals surface area contributed by atoms with Gasteiger partial charge in [-0.25, -0.2) is 9.97 Å². The van der Waals surface area contributed by atoms with E-state index in [4.69, 9.17) is 0 Å². The maximum atomic E-state index is 12.3. The predicted molar refractivity (Wildman–Crippen MR) is 97.5 cm³/mol. The second-order valence-corrected chi connectivity index (χ2v) is 7.19. The zero-order valence-electron chi connectivity index (χ0n) is 15.5. The molecule has 0 N–H and O–H groups in total. The summed E-state index contributed by atoms with van der Waals surface area (Å²) in [5.41, 5.74) is 0. The quantitative estimate of drug-likeness (QED) is 0.721. The summed E-state index contributed by atoms with van der Waals surface area (Å²) >= 11 is 0. The number of carbonyl (C=O) groups is 2. The molecular weight excluding hydrogens is 332 g/mol. The highest BCUT2D eigenvalue weighted by atomic mass is 16.5. The standard InChI is InChI=1S/C19H28N4O3/c1-26-18(25)5-2-4-17(24)23-13-8-16(14-23)15-6-11-22(12-7-15)19-20-9-3-10-21-19/h3,9-10,15-16H,2,4-8,11-14H2,1H3. The highest BCUT2D eigenvalue weighted by Gasteiger charge is 2.33. The van der Waals surface area contributed by atoms with Crippen LogP contribution in [0.25, 0.3) is 0 Å². The van der Waals surface area contributed by atoms with Crippen molar-refractivity contribution < 1.29 is 14.3 Å². The molecule has 0 spiro atoms. The predicted octanol–water partition coefficient (Wildman–Crippen LogP) is 1.88. The van der Waals surface area contributed by atoms with Gasteiger partial charge >= 0.3 is 5.97 Å². The molecule has 7 nitrogen and oxygen atoms in total. The molecule has 0 bridgehead atoms. The first-order valence-corrected chi connectivity index (χ1v) is 9.54. The fraction of sp³-hybridized carbons (Fsp3) is 0.684. The first-order chi connectivity index (χ1) is 12.7. The van der Waals surface area contributed by atoms with Crippen molar-refractivity contribution in [2.24, 2.45) is 11.8 Å². The van der Waals surface area contributed by atoms with Crippen molar-refractivity contribution in [2.45, 2.75) is 38.5 Å². The van der Waals surface area contributed by atoms with Crippen molar-refractivity contribution in [3.63, 3.8) is 0 Å². The molecule has 0 saturated carbocycles. The summed E-state index contributed by atoms with van der Waals surface area (Å²) in [5, 5.41) is 0. The van der Waals surface area contributed by atoms with Crippen LogP contribution in [0.2, 0.25) is 0 Å². The third-order valence-corrected chi connectivity index (χ3v) is 5.62. The minimum absolute atomic E-state index is 0.173. The summed E-state index contributed by atoms with van der Waals surface area (Å²) in [6.45, 7) is 3.68. The lowest BCUT2D eigenvalue weighted by atomic mass is 9.84. The van der Waals surface area contributed by atoms with Gasteiger partial charge in [0.25, 0.3) is 0 Å². The number of carbonyl (C=O) groups excluding carboxylic acids is 2. The maximum Gasteiger partial charge on any atom is 0.305 e. The van der Waals surface area contributed by atoms with E-state index in [0.717, 1.165) is 51.4 Å². The van der Waals surface area contributed by atoms with Crippen LogP contribution in [0.15, 0.2) is 18.5 Å². The number of nitrogens with zero attached hydrogens (tertiary/aromatic N) is 4. The van der Waals surface area contributed by atoms with E-state index >= 15 is 0 Å². The number of hydrogen-bond acceptors (Lipinski definition) is 6. The summed E-state index contributed by atoms with van der Waals surface area (Å²) in [7, 11) is 1.38. The first kappa shape index (κ1) is 18.6. The van der Waals surface area contributed by atoms with E-state index in [1.807, 2.05) is 11.0 Å². The van der Waals surface area contributed by atoms with Crippen LogP contribution in [-0.4, -0.2) is 60.0 Å².